The number of hydrogen-bond donors (Lipinski definition) is 1. The highest BCUT2D eigenvalue weighted by Gasteiger charge is 2.23. The Bertz CT molecular complexity index is 531. The summed E-state index contributed by atoms with van der Waals surface area (Å²) in [4.78, 5) is 23.1. The van der Waals surface area contributed by atoms with Crippen molar-refractivity contribution in [3.63, 3.8) is 0 Å². The van der Waals surface area contributed by atoms with Gasteiger partial charge in [0.05, 0.1) is 26.7 Å². The molecule has 0 aromatic rings. The minimum atomic E-state index is -3.63. The Morgan fingerprint density at radius 2 is 1.73 bits per heavy atom. The summed E-state index contributed by atoms with van der Waals surface area (Å²) in [5, 5.41) is 2.03. The minimum absolute atomic E-state index is 0.266. The zero-order chi connectivity index (χ0) is 17.6. The second kappa shape index (κ2) is 8.02. The SMILES string of the molecule is COC(=O)CC(/C=C(\OC)S(C)(=O)=O)NC(=O)OC(C)(C)C. The van der Waals surface area contributed by atoms with Crippen LogP contribution in [-0.2, 0) is 28.8 Å². The van der Waals surface area contributed by atoms with Crippen molar-refractivity contribution >= 4 is 21.9 Å². The van der Waals surface area contributed by atoms with Crippen LogP contribution < -0.4 is 5.32 Å². The second-order valence-electron chi connectivity index (χ2n) is 5.49. The first kappa shape index (κ1) is 20.2. The molecule has 0 aliphatic rings. The lowest BCUT2D eigenvalue weighted by atomic mass is 10.2. The van der Waals surface area contributed by atoms with Crippen LogP contribution in [-0.4, -0.2) is 52.6 Å². The lowest BCUT2D eigenvalue weighted by molar-refractivity contribution is -0.140. The Morgan fingerprint density at radius 1 is 1.18 bits per heavy atom. The maximum Gasteiger partial charge on any atom is 0.408 e. The van der Waals surface area contributed by atoms with Crippen LogP contribution in [0.25, 0.3) is 0 Å². The summed E-state index contributed by atoms with van der Waals surface area (Å²) in [7, 11) is -1.27. The summed E-state index contributed by atoms with van der Waals surface area (Å²) in [6.07, 6.45) is 1.01. The lowest BCUT2D eigenvalue weighted by Gasteiger charge is -2.22. The quantitative estimate of drug-likeness (QED) is 0.568. The Kier molecular flexibility index (Phi) is 7.37. The topological polar surface area (TPSA) is 108 Å². The highest BCUT2D eigenvalue weighted by Crippen LogP contribution is 2.11. The van der Waals surface area contributed by atoms with Crippen LogP contribution >= 0.6 is 0 Å². The van der Waals surface area contributed by atoms with E-state index in [1.807, 2.05) is 0 Å². The van der Waals surface area contributed by atoms with Crippen LogP contribution in [0.5, 0.6) is 0 Å². The number of carbonyl (C=O) groups is 2. The fraction of sp³-hybridized carbons (Fsp3) is 0.692. The smallest absolute Gasteiger partial charge is 0.408 e. The molecule has 0 aromatic carbocycles. The standard InChI is InChI=1S/C13H23NO7S/c1-13(2,3)21-12(16)14-9(7-10(15)19-4)8-11(20-5)22(6,17)18/h8-9H,7H2,1-6H3,(H,14,16)/b11-8+. The molecular weight excluding hydrogens is 314 g/mol. The molecule has 9 heteroatoms. The third-order valence-electron chi connectivity index (χ3n) is 2.22. The van der Waals surface area contributed by atoms with Crippen molar-refractivity contribution in [3.8, 4) is 0 Å². The van der Waals surface area contributed by atoms with Crippen LogP contribution in [0.1, 0.15) is 27.2 Å². The summed E-state index contributed by atoms with van der Waals surface area (Å²) in [6, 6.07) is -0.952. The van der Waals surface area contributed by atoms with E-state index in [4.69, 9.17) is 9.47 Å². The predicted molar refractivity (Wildman–Crippen MR) is 79.7 cm³/mol. The van der Waals surface area contributed by atoms with E-state index in [2.05, 4.69) is 10.1 Å². The van der Waals surface area contributed by atoms with Crippen LogP contribution in [0.3, 0.4) is 0 Å². The maximum atomic E-state index is 11.8. The van der Waals surface area contributed by atoms with Gasteiger partial charge in [0.2, 0.25) is 14.9 Å². The third-order valence-corrected chi connectivity index (χ3v) is 3.25. The largest absolute Gasteiger partial charge is 0.487 e. The minimum Gasteiger partial charge on any atom is -0.487 e. The molecule has 0 heterocycles. The molecule has 128 valence electrons. The average Bonchev–Trinajstić information content (AvgIpc) is 2.31. The van der Waals surface area contributed by atoms with Crippen molar-refractivity contribution in [2.75, 3.05) is 20.5 Å². The first-order chi connectivity index (χ1) is 9.89. The number of esters is 1. The van der Waals surface area contributed by atoms with E-state index in [-0.39, 0.29) is 11.5 Å². The summed E-state index contributed by atoms with van der Waals surface area (Å²) in [5.41, 5.74) is -0.732. The third kappa shape index (κ3) is 8.50. The number of methoxy groups -OCH3 is 2. The normalized spacial score (nSPS) is 14.0. The van der Waals surface area contributed by atoms with Gasteiger partial charge in [0, 0.05) is 6.26 Å². The number of hydrogen-bond acceptors (Lipinski definition) is 7. The Balaban J connectivity index is 5.25. The second-order valence-corrected chi connectivity index (χ2v) is 7.44. The fourth-order valence-corrected chi connectivity index (χ4v) is 2.09. The summed E-state index contributed by atoms with van der Waals surface area (Å²) in [5.74, 6) is -0.624. The molecule has 0 aliphatic carbocycles. The first-order valence-corrected chi connectivity index (χ1v) is 8.30. The van der Waals surface area contributed by atoms with E-state index in [9.17, 15) is 18.0 Å². The molecule has 1 N–H and O–H groups in total. The van der Waals surface area contributed by atoms with Gasteiger partial charge in [-0.1, -0.05) is 0 Å². The highest BCUT2D eigenvalue weighted by atomic mass is 32.2. The number of ether oxygens (including phenoxy) is 3. The van der Waals surface area contributed by atoms with E-state index < -0.39 is 33.5 Å². The van der Waals surface area contributed by atoms with Crippen LogP contribution in [0.4, 0.5) is 4.79 Å². The van der Waals surface area contributed by atoms with Crippen molar-refractivity contribution in [1.29, 1.82) is 0 Å². The molecule has 0 aliphatic heterocycles. The van der Waals surface area contributed by atoms with Gasteiger partial charge in [-0.25, -0.2) is 13.2 Å². The van der Waals surface area contributed by atoms with Gasteiger partial charge >= 0.3 is 12.1 Å². The number of sulfone groups is 1. The molecule has 22 heavy (non-hydrogen) atoms. The van der Waals surface area contributed by atoms with Crippen molar-refractivity contribution in [1.82, 2.24) is 5.32 Å². The van der Waals surface area contributed by atoms with Gasteiger partial charge in [-0.05, 0) is 26.8 Å². The number of alkyl carbamates (subject to hydrolysis) is 1. The number of amides is 1. The van der Waals surface area contributed by atoms with Gasteiger partial charge in [-0.3, -0.25) is 4.79 Å². The Morgan fingerprint density at radius 3 is 2.09 bits per heavy atom. The van der Waals surface area contributed by atoms with Crippen molar-refractivity contribution in [2.45, 2.75) is 38.8 Å². The highest BCUT2D eigenvalue weighted by molar-refractivity contribution is 7.94. The summed E-state index contributed by atoms with van der Waals surface area (Å²) < 4.78 is 37.4. The van der Waals surface area contributed by atoms with Gasteiger partial charge in [-0.2, -0.15) is 0 Å². The van der Waals surface area contributed by atoms with Crippen molar-refractivity contribution in [2.24, 2.45) is 0 Å². The molecule has 8 nitrogen and oxygen atoms in total. The monoisotopic (exact) mass is 337 g/mol. The Hall–Kier alpha value is -1.77. The molecular formula is C13H23NO7S. The van der Waals surface area contributed by atoms with Crippen LogP contribution in [0.15, 0.2) is 11.2 Å². The zero-order valence-corrected chi connectivity index (χ0v) is 14.4. The number of nitrogens with one attached hydrogen (secondary N) is 1. The van der Waals surface area contributed by atoms with E-state index in [0.717, 1.165) is 12.3 Å². The fourth-order valence-electron chi connectivity index (χ4n) is 1.38. The van der Waals surface area contributed by atoms with Gasteiger partial charge in [0.1, 0.15) is 5.60 Å². The average molecular weight is 337 g/mol. The zero-order valence-electron chi connectivity index (χ0n) is 13.6. The molecule has 0 saturated heterocycles. The maximum absolute atomic E-state index is 11.8. The van der Waals surface area contributed by atoms with Gasteiger partial charge in [0.25, 0.3) is 0 Å². The molecule has 1 unspecified atom stereocenters. The molecule has 0 spiro atoms. The van der Waals surface area contributed by atoms with E-state index in [1.54, 1.807) is 20.8 Å². The molecule has 0 radical (unpaired) electrons. The van der Waals surface area contributed by atoms with E-state index in [0.29, 0.717) is 0 Å². The number of carbonyl (C=O) groups excluding carboxylic acids is 2. The predicted octanol–water partition coefficient (Wildman–Crippen LogP) is 0.975. The van der Waals surface area contributed by atoms with Crippen LogP contribution in [0.2, 0.25) is 0 Å². The Labute approximate surface area is 130 Å². The molecule has 1 atom stereocenters. The van der Waals surface area contributed by atoms with Crippen LogP contribution in [0, 0.1) is 0 Å². The number of rotatable bonds is 6. The van der Waals surface area contributed by atoms with Gasteiger partial charge in [0.15, 0.2) is 0 Å². The first-order valence-electron chi connectivity index (χ1n) is 6.41. The summed E-state index contributed by atoms with van der Waals surface area (Å²) in [6.45, 7) is 5.03. The molecule has 1 amide bonds. The summed E-state index contributed by atoms with van der Waals surface area (Å²) >= 11 is 0. The molecule has 0 fully saturated rings. The molecule has 0 rings (SSSR count). The van der Waals surface area contributed by atoms with Crippen molar-refractivity contribution < 1.29 is 32.2 Å². The lowest BCUT2D eigenvalue weighted by Crippen LogP contribution is -2.39. The molecule has 0 bridgehead atoms. The molecule has 0 saturated carbocycles. The van der Waals surface area contributed by atoms with Gasteiger partial charge in [-0.15, -0.1) is 0 Å². The van der Waals surface area contributed by atoms with E-state index >= 15 is 0 Å². The molecule has 0 aromatic heterocycles. The van der Waals surface area contributed by atoms with Crippen molar-refractivity contribution in [3.05, 3.63) is 11.2 Å². The van der Waals surface area contributed by atoms with E-state index in [1.165, 1.54) is 14.2 Å². The van der Waals surface area contributed by atoms with Gasteiger partial charge < -0.3 is 19.5 Å².